The third-order valence-electron chi connectivity index (χ3n) is 5.03. The smallest absolute Gasteiger partial charge is 0.266 e. The molecule has 0 aliphatic carbocycles. The van der Waals surface area contributed by atoms with E-state index in [1.165, 1.54) is 4.57 Å². The Balaban J connectivity index is 1.72. The first kappa shape index (κ1) is 24.7. The summed E-state index contributed by atoms with van der Waals surface area (Å²) in [6.45, 7) is 1.68. The topological polar surface area (TPSA) is 64.0 Å². The van der Waals surface area contributed by atoms with Gasteiger partial charge in [-0.1, -0.05) is 41.6 Å². The van der Waals surface area contributed by atoms with Crippen molar-refractivity contribution in [3.63, 3.8) is 0 Å². The molecule has 3 aromatic carbocycles. The van der Waals surface area contributed by atoms with E-state index in [0.717, 1.165) is 11.8 Å². The van der Waals surface area contributed by atoms with Crippen LogP contribution in [0, 0.1) is 36.0 Å². The van der Waals surface area contributed by atoms with Gasteiger partial charge in [-0.2, -0.15) is 0 Å². The first-order chi connectivity index (χ1) is 16.6. The Morgan fingerprint density at radius 1 is 0.971 bits per heavy atom. The molecule has 0 fully saturated rings. The van der Waals surface area contributed by atoms with Crippen molar-refractivity contribution in [3.8, 4) is 5.69 Å². The Hall–Kier alpha value is -3.44. The molecule has 0 aliphatic heterocycles. The average molecular weight is 526 g/mol. The number of carbonyl (C=O) groups excluding carboxylic acids is 1. The highest BCUT2D eigenvalue weighted by Gasteiger charge is 2.27. The molecule has 12 heteroatoms. The number of rotatable bonds is 5. The van der Waals surface area contributed by atoms with Crippen LogP contribution in [0.25, 0.3) is 16.6 Å². The Kier molecular flexibility index (Phi) is 6.82. The van der Waals surface area contributed by atoms with E-state index in [1.807, 2.05) is 0 Å². The second-order valence-corrected chi connectivity index (χ2v) is 8.57. The number of hydrogen-bond donors (Lipinski definition) is 1. The summed E-state index contributed by atoms with van der Waals surface area (Å²) in [5.41, 5.74) is -0.647. The van der Waals surface area contributed by atoms with Crippen molar-refractivity contribution in [1.82, 2.24) is 9.55 Å². The minimum absolute atomic E-state index is 0.0478. The molecular weight excluding hydrogens is 513 g/mol. The third kappa shape index (κ3) is 4.48. The van der Waals surface area contributed by atoms with Gasteiger partial charge in [0.25, 0.3) is 5.56 Å². The maximum absolute atomic E-state index is 13.9. The fourth-order valence-electron chi connectivity index (χ4n) is 3.28. The number of aromatic nitrogens is 2. The number of fused-ring (bicyclic) bond motifs is 1. The number of para-hydroxylation sites is 1. The zero-order valence-electron chi connectivity index (χ0n) is 17.6. The standard InChI is InChI=1S/C23H13ClF5N3O2S/c1-10-12(24)6-4-8-14(10)32-22(34)11-5-2-3-7-13(11)30-23(32)35-9-15(33)31-21-19(28)17(26)16(25)18(27)20(21)29/h2-8H,9H2,1H3,(H,31,33). The van der Waals surface area contributed by atoms with E-state index in [1.54, 1.807) is 54.7 Å². The van der Waals surface area contributed by atoms with Crippen LogP contribution >= 0.6 is 23.4 Å². The van der Waals surface area contributed by atoms with Gasteiger partial charge in [0.05, 0.1) is 22.3 Å². The quantitative estimate of drug-likeness (QED) is 0.118. The first-order valence-electron chi connectivity index (χ1n) is 9.83. The zero-order valence-corrected chi connectivity index (χ0v) is 19.2. The summed E-state index contributed by atoms with van der Waals surface area (Å²) in [4.78, 5) is 30.1. The third-order valence-corrected chi connectivity index (χ3v) is 6.38. The number of nitrogens with one attached hydrogen (secondary N) is 1. The van der Waals surface area contributed by atoms with E-state index in [9.17, 15) is 31.5 Å². The number of anilines is 1. The molecule has 0 atom stereocenters. The molecule has 180 valence electrons. The van der Waals surface area contributed by atoms with Crippen LogP contribution in [0.15, 0.2) is 52.4 Å². The summed E-state index contributed by atoms with van der Waals surface area (Å²) in [5.74, 6) is -12.7. The average Bonchev–Trinajstić information content (AvgIpc) is 2.85. The molecule has 1 amide bonds. The van der Waals surface area contributed by atoms with Gasteiger partial charge < -0.3 is 5.32 Å². The molecule has 0 unspecified atom stereocenters. The normalized spacial score (nSPS) is 11.2. The highest BCUT2D eigenvalue weighted by atomic mass is 35.5. The lowest BCUT2D eigenvalue weighted by atomic mass is 10.2. The van der Waals surface area contributed by atoms with E-state index in [0.29, 0.717) is 27.2 Å². The first-order valence-corrected chi connectivity index (χ1v) is 11.2. The van der Waals surface area contributed by atoms with Crippen LogP contribution in [0.1, 0.15) is 5.56 Å². The van der Waals surface area contributed by atoms with E-state index < -0.39 is 52.0 Å². The second-order valence-electron chi connectivity index (χ2n) is 7.22. The van der Waals surface area contributed by atoms with Crippen molar-refractivity contribution in [1.29, 1.82) is 0 Å². The van der Waals surface area contributed by atoms with Crippen molar-refractivity contribution in [2.45, 2.75) is 12.1 Å². The lowest BCUT2D eigenvalue weighted by Gasteiger charge is -2.16. The Bertz CT molecular complexity index is 1530. The predicted molar refractivity (Wildman–Crippen MR) is 123 cm³/mol. The number of nitrogens with zero attached hydrogens (tertiary/aromatic N) is 2. The second kappa shape index (κ2) is 9.67. The van der Waals surface area contributed by atoms with Crippen molar-refractivity contribution in [3.05, 3.63) is 92.5 Å². The highest BCUT2D eigenvalue weighted by Crippen LogP contribution is 2.29. The van der Waals surface area contributed by atoms with Crippen molar-refractivity contribution < 1.29 is 26.7 Å². The van der Waals surface area contributed by atoms with Gasteiger partial charge in [0.15, 0.2) is 28.4 Å². The van der Waals surface area contributed by atoms with Crippen LogP contribution in [-0.4, -0.2) is 21.2 Å². The van der Waals surface area contributed by atoms with Crippen LogP contribution in [-0.2, 0) is 4.79 Å². The molecule has 1 N–H and O–H groups in total. The van der Waals surface area contributed by atoms with Gasteiger partial charge in [0.1, 0.15) is 5.69 Å². The van der Waals surface area contributed by atoms with E-state index in [2.05, 4.69) is 4.98 Å². The maximum atomic E-state index is 13.9. The van der Waals surface area contributed by atoms with Crippen LogP contribution in [0.2, 0.25) is 5.02 Å². The molecule has 35 heavy (non-hydrogen) atoms. The number of benzene rings is 3. The zero-order chi connectivity index (χ0) is 25.4. The van der Waals surface area contributed by atoms with Crippen LogP contribution in [0.4, 0.5) is 27.6 Å². The van der Waals surface area contributed by atoms with Gasteiger partial charge in [-0.25, -0.2) is 26.9 Å². The molecule has 1 aromatic heterocycles. The fourth-order valence-corrected chi connectivity index (χ4v) is 4.26. The Morgan fingerprint density at radius 3 is 2.29 bits per heavy atom. The largest absolute Gasteiger partial charge is 0.320 e. The lowest BCUT2D eigenvalue weighted by molar-refractivity contribution is -0.113. The fraction of sp³-hybridized carbons (Fsp3) is 0.0870. The van der Waals surface area contributed by atoms with Gasteiger partial charge in [-0.15, -0.1) is 0 Å². The van der Waals surface area contributed by atoms with Gasteiger partial charge in [0, 0.05) is 5.02 Å². The molecule has 0 aliphatic rings. The van der Waals surface area contributed by atoms with Crippen LogP contribution in [0.3, 0.4) is 0 Å². The SMILES string of the molecule is Cc1c(Cl)cccc1-n1c(SCC(=O)Nc2c(F)c(F)c(F)c(F)c2F)nc2ccccc2c1=O. The molecular formula is C23H13ClF5N3O2S. The van der Waals surface area contributed by atoms with Gasteiger partial charge in [-0.05, 0) is 36.8 Å². The maximum Gasteiger partial charge on any atom is 0.266 e. The summed E-state index contributed by atoms with van der Waals surface area (Å²) in [7, 11) is 0. The Morgan fingerprint density at radius 2 is 1.60 bits per heavy atom. The molecule has 5 nitrogen and oxygen atoms in total. The van der Waals surface area contributed by atoms with Crippen LogP contribution in [0.5, 0.6) is 0 Å². The van der Waals surface area contributed by atoms with E-state index >= 15 is 0 Å². The molecule has 1 heterocycles. The molecule has 4 rings (SSSR count). The minimum atomic E-state index is -2.34. The van der Waals surface area contributed by atoms with E-state index in [4.69, 9.17) is 11.6 Å². The van der Waals surface area contributed by atoms with Crippen molar-refractivity contribution in [2.75, 3.05) is 11.1 Å². The lowest BCUT2D eigenvalue weighted by Crippen LogP contribution is -2.24. The van der Waals surface area contributed by atoms with Gasteiger partial charge in [0.2, 0.25) is 11.7 Å². The van der Waals surface area contributed by atoms with Gasteiger partial charge in [-0.3, -0.25) is 14.2 Å². The molecule has 0 saturated heterocycles. The number of carbonyl (C=O) groups is 1. The summed E-state index contributed by atoms with van der Waals surface area (Å²) < 4.78 is 69.2. The van der Waals surface area contributed by atoms with Crippen molar-refractivity contribution >= 4 is 45.9 Å². The number of amides is 1. The number of halogens is 6. The molecule has 0 spiro atoms. The summed E-state index contributed by atoms with van der Waals surface area (Å²) in [6, 6.07) is 11.4. The molecule has 0 radical (unpaired) electrons. The highest BCUT2D eigenvalue weighted by molar-refractivity contribution is 7.99. The van der Waals surface area contributed by atoms with E-state index in [-0.39, 0.29) is 5.16 Å². The Labute approximate surface area is 203 Å². The minimum Gasteiger partial charge on any atom is -0.320 e. The van der Waals surface area contributed by atoms with Gasteiger partial charge >= 0.3 is 0 Å². The summed E-state index contributed by atoms with van der Waals surface area (Å²) in [5, 5.41) is 2.42. The van der Waals surface area contributed by atoms with Crippen molar-refractivity contribution in [2.24, 2.45) is 0 Å². The molecule has 4 aromatic rings. The number of thioether (sulfide) groups is 1. The number of hydrogen-bond acceptors (Lipinski definition) is 4. The molecule has 0 bridgehead atoms. The predicted octanol–water partition coefficient (Wildman–Crippen LogP) is 5.77. The summed E-state index contributed by atoms with van der Waals surface area (Å²) in [6.07, 6.45) is 0. The molecule has 0 saturated carbocycles. The monoisotopic (exact) mass is 525 g/mol. The van der Waals surface area contributed by atoms with Crippen LogP contribution < -0.4 is 10.9 Å². The summed E-state index contributed by atoms with van der Waals surface area (Å²) >= 11 is 6.93.